The highest BCUT2D eigenvalue weighted by Gasteiger charge is 2.35. The van der Waals surface area contributed by atoms with Crippen molar-refractivity contribution in [1.82, 2.24) is 20.0 Å². The van der Waals surface area contributed by atoms with Gasteiger partial charge in [0.2, 0.25) is 11.9 Å². The number of ether oxygens (including phenoxy) is 2. The van der Waals surface area contributed by atoms with Gasteiger partial charge in [-0.25, -0.2) is 14.7 Å². The summed E-state index contributed by atoms with van der Waals surface area (Å²) in [5.41, 5.74) is 7.87. The molecule has 0 spiro atoms. The number of hydrogen-bond acceptors (Lipinski definition) is 8. The maximum atomic E-state index is 5.68. The Balaban J connectivity index is 1.28. The molecule has 3 aromatic carbocycles. The zero-order chi connectivity index (χ0) is 25.6. The normalized spacial score (nSPS) is 16.2. The van der Waals surface area contributed by atoms with Crippen molar-refractivity contribution in [3.8, 4) is 28.4 Å². The monoisotopic (exact) mass is 520 g/mol. The summed E-state index contributed by atoms with van der Waals surface area (Å²) in [6.45, 7) is 4.35. The third-order valence-electron chi connectivity index (χ3n) is 6.90. The molecule has 1 atom stereocenters. The van der Waals surface area contributed by atoms with Crippen LogP contribution in [-0.4, -0.2) is 32.5 Å². The van der Waals surface area contributed by atoms with Gasteiger partial charge in [0.15, 0.2) is 11.5 Å². The van der Waals surface area contributed by atoms with Crippen LogP contribution in [-0.2, 0) is 0 Å². The van der Waals surface area contributed by atoms with Crippen molar-refractivity contribution >= 4 is 22.2 Å². The molecule has 188 valence electrons. The highest BCUT2D eigenvalue weighted by atomic mass is 32.1. The van der Waals surface area contributed by atoms with Crippen LogP contribution in [0.1, 0.15) is 35.0 Å². The number of aryl methyl sites for hydroxylation is 1. The van der Waals surface area contributed by atoms with Gasteiger partial charge in [0.25, 0.3) is 0 Å². The SMILES string of the molecule is Cc1ccc(-n2nnc(C3=NN(c4nc(-c5ccccc5)cs4)[C@@H](c4ccc5c(c4)OCO5)C3)c2C)cc1. The van der Waals surface area contributed by atoms with Gasteiger partial charge in [-0.3, -0.25) is 0 Å². The van der Waals surface area contributed by atoms with Gasteiger partial charge in [0.1, 0.15) is 5.69 Å². The molecule has 4 heterocycles. The average Bonchev–Trinajstić information content (AvgIpc) is 3.75. The molecule has 2 aliphatic heterocycles. The number of benzene rings is 3. The van der Waals surface area contributed by atoms with E-state index in [2.05, 4.69) is 65.1 Å². The van der Waals surface area contributed by atoms with Gasteiger partial charge in [-0.15, -0.1) is 16.4 Å². The van der Waals surface area contributed by atoms with Crippen molar-refractivity contribution in [2.45, 2.75) is 26.3 Å². The number of anilines is 1. The van der Waals surface area contributed by atoms with Crippen LogP contribution in [0, 0.1) is 13.8 Å². The van der Waals surface area contributed by atoms with E-state index in [1.54, 1.807) is 11.3 Å². The average molecular weight is 521 g/mol. The number of thiazole rings is 1. The zero-order valence-corrected chi connectivity index (χ0v) is 21.7. The molecule has 0 amide bonds. The molecule has 0 saturated carbocycles. The quantitative estimate of drug-likeness (QED) is 0.279. The molecule has 5 aromatic rings. The van der Waals surface area contributed by atoms with E-state index in [0.29, 0.717) is 6.42 Å². The Morgan fingerprint density at radius 1 is 0.921 bits per heavy atom. The van der Waals surface area contributed by atoms with E-state index in [1.165, 1.54) is 5.56 Å². The van der Waals surface area contributed by atoms with Crippen molar-refractivity contribution in [1.29, 1.82) is 0 Å². The second kappa shape index (κ2) is 9.11. The number of nitrogens with zero attached hydrogens (tertiary/aromatic N) is 6. The van der Waals surface area contributed by atoms with Crippen LogP contribution in [0.5, 0.6) is 11.5 Å². The first kappa shape index (κ1) is 22.7. The first-order valence-electron chi connectivity index (χ1n) is 12.4. The molecule has 0 saturated heterocycles. The number of aromatic nitrogens is 4. The van der Waals surface area contributed by atoms with E-state index >= 15 is 0 Å². The topological polar surface area (TPSA) is 77.7 Å². The fourth-order valence-corrected chi connectivity index (χ4v) is 5.68. The molecule has 2 aliphatic rings. The first-order chi connectivity index (χ1) is 18.6. The van der Waals surface area contributed by atoms with Gasteiger partial charge in [-0.1, -0.05) is 59.3 Å². The minimum atomic E-state index is -0.0711. The molecule has 7 rings (SSSR count). The van der Waals surface area contributed by atoms with Gasteiger partial charge < -0.3 is 9.47 Å². The smallest absolute Gasteiger partial charge is 0.231 e. The summed E-state index contributed by atoms with van der Waals surface area (Å²) in [6.07, 6.45) is 0.660. The van der Waals surface area contributed by atoms with E-state index in [1.807, 2.05) is 46.9 Å². The van der Waals surface area contributed by atoms with E-state index < -0.39 is 0 Å². The predicted molar refractivity (Wildman–Crippen MR) is 147 cm³/mol. The molecule has 0 radical (unpaired) electrons. The Bertz CT molecular complexity index is 1660. The maximum Gasteiger partial charge on any atom is 0.231 e. The number of hydrogen-bond donors (Lipinski definition) is 0. The zero-order valence-electron chi connectivity index (χ0n) is 20.9. The van der Waals surface area contributed by atoms with Crippen LogP contribution < -0.4 is 14.5 Å². The van der Waals surface area contributed by atoms with Crippen LogP contribution in [0.15, 0.2) is 83.3 Å². The van der Waals surface area contributed by atoms with Crippen molar-refractivity contribution in [3.05, 3.63) is 101 Å². The van der Waals surface area contributed by atoms with Gasteiger partial charge in [-0.2, -0.15) is 5.10 Å². The van der Waals surface area contributed by atoms with E-state index in [9.17, 15) is 0 Å². The second-order valence-corrected chi connectivity index (χ2v) is 10.2. The Morgan fingerprint density at radius 3 is 2.58 bits per heavy atom. The third-order valence-corrected chi connectivity index (χ3v) is 7.73. The largest absolute Gasteiger partial charge is 0.454 e. The number of fused-ring (bicyclic) bond motifs is 1. The fourth-order valence-electron chi connectivity index (χ4n) is 4.85. The standard InChI is InChI=1S/C29H24N6O2S/c1-18-8-11-22(12-9-18)34-19(2)28(31-33-34)23-15-25(21-10-13-26-27(14-21)37-17-36-26)35(32-23)29-30-24(16-38-29)20-6-4-3-5-7-20/h3-14,16,25H,15,17H2,1-2H3/t25-/m1/s1. The molecule has 2 aromatic heterocycles. The third kappa shape index (κ3) is 3.92. The molecule has 0 N–H and O–H groups in total. The van der Waals surface area contributed by atoms with Gasteiger partial charge >= 0.3 is 0 Å². The summed E-state index contributed by atoms with van der Waals surface area (Å²) in [4.78, 5) is 4.96. The Hall–Kier alpha value is -4.50. The van der Waals surface area contributed by atoms with Crippen molar-refractivity contribution in [2.24, 2.45) is 5.10 Å². The highest BCUT2D eigenvalue weighted by Crippen LogP contribution is 2.42. The lowest BCUT2D eigenvalue weighted by atomic mass is 10.00. The molecule has 38 heavy (non-hydrogen) atoms. The molecule has 8 nitrogen and oxygen atoms in total. The van der Waals surface area contributed by atoms with Crippen LogP contribution in [0.2, 0.25) is 0 Å². The van der Waals surface area contributed by atoms with E-state index in [0.717, 1.165) is 56.2 Å². The van der Waals surface area contributed by atoms with Crippen molar-refractivity contribution in [2.75, 3.05) is 11.8 Å². The molecule has 0 fully saturated rings. The number of rotatable bonds is 5. The summed E-state index contributed by atoms with van der Waals surface area (Å²) in [7, 11) is 0. The summed E-state index contributed by atoms with van der Waals surface area (Å²) < 4.78 is 13.1. The second-order valence-electron chi connectivity index (χ2n) is 9.38. The highest BCUT2D eigenvalue weighted by molar-refractivity contribution is 7.14. The molecule has 0 unspecified atom stereocenters. The van der Waals surface area contributed by atoms with Crippen LogP contribution in [0.3, 0.4) is 0 Å². The van der Waals surface area contributed by atoms with Crippen molar-refractivity contribution < 1.29 is 9.47 Å². The predicted octanol–water partition coefficient (Wildman–Crippen LogP) is 6.09. The summed E-state index contributed by atoms with van der Waals surface area (Å²) in [5, 5.41) is 19.0. The summed E-state index contributed by atoms with van der Waals surface area (Å²) in [5.74, 6) is 1.51. The Kier molecular flexibility index (Phi) is 5.44. The minimum absolute atomic E-state index is 0.0711. The Morgan fingerprint density at radius 2 is 1.74 bits per heavy atom. The molecular formula is C29H24N6O2S. The van der Waals surface area contributed by atoms with E-state index in [4.69, 9.17) is 19.6 Å². The molecule has 9 heteroatoms. The van der Waals surface area contributed by atoms with Crippen LogP contribution >= 0.6 is 11.3 Å². The first-order valence-corrected chi connectivity index (χ1v) is 13.3. The molecule has 0 bridgehead atoms. The van der Waals surface area contributed by atoms with Gasteiger partial charge in [-0.05, 0) is 43.7 Å². The lowest BCUT2D eigenvalue weighted by molar-refractivity contribution is 0.174. The van der Waals surface area contributed by atoms with Crippen LogP contribution in [0.4, 0.5) is 5.13 Å². The molecule has 0 aliphatic carbocycles. The Labute approximate surface area is 223 Å². The summed E-state index contributed by atoms with van der Waals surface area (Å²) >= 11 is 1.58. The molecular weight excluding hydrogens is 496 g/mol. The van der Waals surface area contributed by atoms with Gasteiger partial charge in [0, 0.05) is 17.4 Å². The number of hydrazone groups is 1. The fraction of sp³-hybridized carbons (Fsp3) is 0.172. The minimum Gasteiger partial charge on any atom is -0.454 e. The lowest BCUT2D eigenvalue weighted by Crippen LogP contribution is -2.18. The maximum absolute atomic E-state index is 5.68. The van der Waals surface area contributed by atoms with Crippen molar-refractivity contribution in [3.63, 3.8) is 0 Å². The lowest BCUT2D eigenvalue weighted by Gasteiger charge is -2.21. The van der Waals surface area contributed by atoms with E-state index in [-0.39, 0.29) is 12.8 Å². The summed E-state index contributed by atoms with van der Waals surface area (Å²) in [6, 6.07) is 24.5. The van der Waals surface area contributed by atoms with Gasteiger partial charge in [0.05, 0.1) is 28.8 Å². The van der Waals surface area contributed by atoms with Crippen LogP contribution in [0.25, 0.3) is 16.9 Å².